The summed E-state index contributed by atoms with van der Waals surface area (Å²) in [4.78, 5) is 18.6. The van der Waals surface area contributed by atoms with Gasteiger partial charge in [0, 0.05) is 26.2 Å². The van der Waals surface area contributed by atoms with Crippen LogP contribution in [-0.2, 0) is 0 Å². The van der Waals surface area contributed by atoms with Crippen LogP contribution < -0.4 is 10.2 Å². The summed E-state index contributed by atoms with van der Waals surface area (Å²) in [5, 5.41) is 12.5. The van der Waals surface area contributed by atoms with Gasteiger partial charge in [-0.05, 0) is 25.7 Å². The van der Waals surface area contributed by atoms with E-state index >= 15 is 0 Å². The van der Waals surface area contributed by atoms with Gasteiger partial charge in [0.25, 0.3) is 0 Å². The first-order valence-corrected chi connectivity index (χ1v) is 7.12. The van der Waals surface area contributed by atoms with Crippen molar-refractivity contribution in [3.8, 4) is 0 Å². The van der Waals surface area contributed by atoms with Gasteiger partial charge in [-0.2, -0.15) is 9.97 Å². The third-order valence-electron chi connectivity index (χ3n) is 3.68. The molecule has 0 aromatic carbocycles. The fourth-order valence-corrected chi connectivity index (χ4v) is 2.69. The number of aromatic nitrogens is 4. The molecule has 0 saturated carbocycles. The lowest BCUT2D eigenvalue weighted by Crippen LogP contribution is -2.37. The normalized spacial score (nSPS) is 19.5. The topological polar surface area (TPSA) is 90.0 Å². The van der Waals surface area contributed by atoms with Crippen LogP contribution in [0.3, 0.4) is 0 Å². The molecule has 7 heteroatoms. The van der Waals surface area contributed by atoms with Crippen LogP contribution >= 0.6 is 0 Å². The Morgan fingerprint density at radius 1 is 1.50 bits per heavy atom. The van der Waals surface area contributed by atoms with Crippen LogP contribution in [0.25, 0.3) is 11.2 Å². The number of hydrogen-bond acceptors (Lipinski definition) is 6. The van der Waals surface area contributed by atoms with Crippen molar-refractivity contribution in [2.75, 3.05) is 36.5 Å². The van der Waals surface area contributed by atoms with Crippen molar-refractivity contribution >= 4 is 22.9 Å². The van der Waals surface area contributed by atoms with Crippen molar-refractivity contribution in [1.29, 1.82) is 0 Å². The fourth-order valence-electron chi connectivity index (χ4n) is 2.69. The molecule has 3 N–H and O–H groups in total. The summed E-state index contributed by atoms with van der Waals surface area (Å²) in [7, 11) is 0. The lowest BCUT2D eigenvalue weighted by Gasteiger charge is -2.32. The summed E-state index contributed by atoms with van der Waals surface area (Å²) in [6.45, 7) is 4.79. The van der Waals surface area contributed by atoms with E-state index in [1.807, 2.05) is 6.92 Å². The van der Waals surface area contributed by atoms with Gasteiger partial charge in [0.1, 0.15) is 5.52 Å². The number of piperidine rings is 1. The van der Waals surface area contributed by atoms with Gasteiger partial charge in [0.2, 0.25) is 5.95 Å². The van der Waals surface area contributed by atoms with E-state index in [2.05, 4.69) is 30.2 Å². The molecular weight excluding hydrogens is 256 g/mol. The number of nitrogens with one attached hydrogen (secondary N) is 2. The number of rotatable bonds is 4. The van der Waals surface area contributed by atoms with Crippen LogP contribution in [0, 0.1) is 5.92 Å². The van der Waals surface area contributed by atoms with E-state index < -0.39 is 0 Å². The average Bonchev–Trinajstić information content (AvgIpc) is 2.95. The molecule has 1 saturated heterocycles. The first-order valence-electron chi connectivity index (χ1n) is 7.12. The third kappa shape index (κ3) is 2.40. The summed E-state index contributed by atoms with van der Waals surface area (Å²) in [5.74, 6) is 1.80. The lowest BCUT2D eigenvalue weighted by atomic mass is 9.99. The molecule has 3 rings (SSSR count). The van der Waals surface area contributed by atoms with Crippen molar-refractivity contribution in [1.82, 2.24) is 19.9 Å². The van der Waals surface area contributed by atoms with E-state index in [1.54, 1.807) is 6.33 Å². The van der Waals surface area contributed by atoms with E-state index in [-0.39, 0.29) is 6.61 Å². The highest BCUT2D eigenvalue weighted by atomic mass is 16.3. The number of nitrogens with zero attached hydrogens (tertiary/aromatic N) is 4. The van der Waals surface area contributed by atoms with E-state index in [1.165, 1.54) is 0 Å². The summed E-state index contributed by atoms with van der Waals surface area (Å²) >= 11 is 0. The number of fused-ring (bicyclic) bond motifs is 1. The first-order chi connectivity index (χ1) is 9.81. The average molecular weight is 276 g/mol. The van der Waals surface area contributed by atoms with Crippen molar-refractivity contribution in [2.24, 2.45) is 5.92 Å². The summed E-state index contributed by atoms with van der Waals surface area (Å²) in [6, 6.07) is 0. The number of H-pyrrole nitrogens is 1. The number of aliphatic hydroxyl groups is 1. The van der Waals surface area contributed by atoms with Gasteiger partial charge in [-0.15, -0.1) is 0 Å². The van der Waals surface area contributed by atoms with Crippen molar-refractivity contribution in [3.05, 3.63) is 6.33 Å². The maximum absolute atomic E-state index is 9.38. The second kappa shape index (κ2) is 5.62. The summed E-state index contributed by atoms with van der Waals surface area (Å²) in [6.07, 6.45) is 3.79. The number of hydrogen-bond donors (Lipinski definition) is 3. The number of imidazole rings is 1. The molecule has 2 aromatic rings. The number of aromatic amines is 1. The lowest BCUT2D eigenvalue weighted by molar-refractivity contribution is 0.208. The molecular formula is C13H20N6O. The molecule has 1 aliphatic heterocycles. The van der Waals surface area contributed by atoms with Crippen molar-refractivity contribution in [3.63, 3.8) is 0 Å². The molecule has 0 radical (unpaired) electrons. The molecule has 1 atom stereocenters. The van der Waals surface area contributed by atoms with Gasteiger partial charge in [-0.25, -0.2) is 4.98 Å². The Labute approximate surface area is 117 Å². The van der Waals surface area contributed by atoms with E-state index in [4.69, 9.17) is 0 Å². The Balaban J connectivity index is 1.98. The monoisotopic (exact) mass is 276 g/mol. The summed E-state index contributed by atoms with van der Waals surface area (Å²) < 4.78 is 0. The van der Waals surface area contributed by atoms with Gasteiger partial charge >= 0.3 is 0 Å². The van der Waals surface area contributed by atoms with Crippen LogP contribution in [0.2, 0.25) is 0 Å². The molecule has 20 heavy (non-hydrogen) atoms. The zero-order valence-electron chi connectivity index (χ0n) is 11.6. The zero-order valence-corrected chi connectivity index (χ0v) is 11.6. The Hall–Kier alpha value is -1.89. The van der Waals surface area contributed by atoms with E-state index in [0.29, 0.717) is 17.5 Å². The van der Waals surface area contributed by atoms with Gasteiger partial charge in [0.15, 0.2) is 11.5 Å². The Kier molecular flexibility index (Phi) is 3.68. The maximum Gasteiger partial charge on any atom is 0.226 e. The van der Waals surface area contributed by atoms with Crippen LogP contribution in [0.1, 0.15) is 19.8 Å². The molecule has 2 aromatic heterocycles. The minimum absolute atomic E-state index is 0.230. The number of anilines is 2. The van der Waals surface area contributed by atoms with Gasteiger partial charge in [0.05, 0.1) is 6.33 Å². The molecule has 0 bridgehead atoms. The molecule has 1 unspecified atom stereocenters. The molecule has 0 amide bonds. The number of aliphatic hydroxyl groups excluding tert-OH is 1. The molecule has 3 heterocycles. The van der Waals surface area contributed by atoms with Gasteiger partial charge in [-0.1, -0.05) is 0 Å². The first kappa shape index (κ1) is 13.1. The SMILES string of the molecule is CCNc1nc(N2CCCC(CO)C2)c2[nH]cnc2n1. The molecule has 1 fully saturated rings. The van der Waals surface area contributed by atoms with Crippen LogP contribution in [0.4, 0.5) is 11.8 Å². The van der Waals surface area contributed by atoms with Crippen LogP contribution in [-0.4, -0.2) is 51.3 Å². The predicted molar refractivity (Wildman–Crippen MR) is 77.9 cm³/mol. The quantitative estimate of drug-likeness (QED) is 0.771. The second-order valence-corrected chi connectivity index (χ2v) is 5.14. The minimum Gasteiger partial charge on any atom is -0.396 e. The van der Waals surface area contributed by atoms with Gasteiger partial charge < -0.3 is 20.3 Å². The van der Waals surface area contributed by atoms with E-state index in [0.717, 1.165) is 43.8 Å². The molecule has 108 valence electrons. The largest absolute Gasteiger partial charge is 0.396 e. The smallest absolute Gasteiger partial charge is 0.226 e. The van der Waals surface area contributed by atoms with Gasteiger partial charge in [-0.3, -0.25) is 0 Å². The van der Waals surface area contributed by atoms with Crippen LogP contribution in [0.5, 0.6) is 0 Å². The van der Waals surface area contributed by atoms with Crippen molar-refractivity contribution in [2.45, 2.75) is 19.8 Å². The highest BCUT2D eigenvalue weighted by Gasteiger charge is 2.23. The minimum atomic E-state index is 0.230. The third-order valence-corrected chi connectivity index (χ3v) is 3.68. The fraction of sp³-hybridized carbons (Fsp3) is 0.615. The Morgan fingerprint density at radius 3 is 3.20 bits per heavy atom. The van der Waals surface area contributed by atoms with E-state index in [9.17, 15) is 5.11 Å². The van der Waals surface area contributed by atoms with Crippen molar-refractivity contribution < 1.29 is 5.11 Å². The van der Waals surface area contributed by atoms with Crippen LogP contribution in [0.15, 0.2) is 6.33 Å². The molecule has 1 aliphatic rings. The maximum atomic E-state index is 9.38. The molecule has 0 aliphatic carbocycles. The molecule has 0 spiro atoms. The second-order valence-electron chi connectivity index (χ2n) is 5.14. The molecule has 7 nitrogen and oxygen atoms in total. The Morgan fingerprint density at radius 2 is 2.40 bits per heavy atom. The highest BCUT2D eigenvalue weighted by molar-refractivity contribution is 5.84. The standard InChI is InChI=1S/C13H20N6O/c1-2-14-13-17-11-10(15-8-16-11)12(18-13)19-5-3-4-9(6-19)7-20/h8-9,20H,2-7H2,1H3,(H2,14,15,16,17,18). The Bertz CT molecular complexity index is 583. The predicted octanol–water partition coefficient (Wildman–Crippen LogP) is 0.993. The zero-order chi connectivity index (χ0) is 13.9. The highest BCUT2D eigenvalue weighted by Crippen LogP contribution is 2.27. The summed E-state index contributed by atoms with van der Waals surface area (Å²) in [5.41, 5.74) is 1.54.